The molecule has 8 heteroatoms. The van der Waals surface area contributed by atoms with Gasteiger partial charge < -0.3 is 15.8 Å². The summed E-state index contributed by atoms with van der Waals surface area (Å²) in [6.45, 7) is 4.04. The fraction of sp³-hybridized carbons (Fsp3) is 0.417. The predicted molar refractivity (Wildman–Crippen MR) is 75.9 cm³/mol. The van der Waals surface area contributed by atoms with Crippen molar-refractivity contribution >= 4 is 21.8 Å². The summed E-state index contributed by atoms with van der Waals surface area (Å²) in [6.07, 6.45) is -0.826. The molecule has 0 spiro atoms. The third kappa shape index (κ3) is 5.45. The predicted octanol–water partition coefficient (Wildman–Crippen LogP) is 0.880. The number of primary amides is 1. The van der Waals surface area contributed by atoms with E-state index in [1.54, 1.807) is 26.0 Å². The fourth-order valence-corrected chi connectivity index (χ4v) is 2.73. The summed E-state index contributed by atoms with van der Waals surface area (Å²) < 4.78 is 30.8. The Morgan fingerprint density at radius 3 is 2.40 bits per heavy atom. The summed E-state index contributed by atoms with van der Waals surface area (Å²) >= 11 is 0. The number of amides is 1. The Labute approximate surface area is 118 Å². The quantitative estimate of drug-likeness (QED) is 0.647. The first kappa shape index (κ1) is 16.3. The zero-order valence-electron chi connectivity index (χ0n) is 11.4. The van der Waals surface area contributed by atoms with Crippen molar-refractivity contribution in [2.45, 2.75) is 24.8 Å². The van der Waals surface area contributed by atoms with E-state index in [9.17, 15) is 13.2 Å². The molecule has 0 saturated heterocycles. The molecule has 0 aliphatic carbocycles. The third-order valence-corrected chi connectivity index (χ3v) is 3.91. The van der Waals surface area contributed by atoms with Crippen molar-refractivity contribution in [1.82, 2.24) is 4.72 Å². The van der Waals surface area contributed by atoms with E-state index in [0.717, 1.165) is 5.69 Å². The summed E-state index contributed by atoms with van der Waals surface area (Å²) in [6, 6.07) is 6.12. The van der Waals surface area contributed by atoms with Gasteiger partial charge in [-0.05, 0) is 38.1 Å². The van der Waals surface area contributed by atoms with Gasteiger partial charge in [0.15, 0.2) is 0 Å². The summed E-state index contributed by atoms with van der Waals surface area (Å²) in [5.74, 6) is 0. The lowest BCUT2D eigenvalue weighted by atomic mass is 10.3. The molecule has 112 valence electrons. The van der Waals surface area contributed by atoms with Gasteiger partial charge in [0, 0.05) is 18.3 Å². The summed E-state index contributed by atoms with van der Waals surface area (Å²) in [4.78, 5) is 10.6. The first-order valence-corrected chi connectivity index (χ1v) is 7.58. The molecule has 0 heterocycles. The topological polar surface area (TPSA) is 111 Å². The van der Waals surface area contributed by atoms with Gasteiger partial charge in [-0.3, -0.25) is 0 Å². The molecule has 0 radical (unpaired) electrons. The molecule has 0 bridgehead atoms. The van der Waals surface area contributed by atoms with Crippen LogP contribution in [0.3, 0.4) is 0 Å². The molecule has 0 atom stereocenters. The highest BCUT2D eigenvalue weighted by Crippen LogP contribution is 2.14. The lowest BCUT2D eigenvalue weighted by Crippen LogP contribution is -2.30. The molecule has 1 rings (SSSR count). The van der Waals surface area contributed by atoms with Gasteiger partial charge in [-0.1, -0.05) is 0 Å². The number of hydrogen-bond donors (Lipinski definition) is 3. The minimum atomic E-state index is -3.48. The van der Waals surface area contributed by atoms with Crippen molar-refractivity contribution in [3.8, 4) is 0 Å². The average Bonchev–Trinajstić information content (AvgIpc) is 2.33. The molecular weight excluding hydrogens is 282 g/mol. The Hall–Kier alpha value is -1.80. The van der Waals surface area contributed by atoms with Gasteiger partial charge in [0.25, 0.3) is 0 Å². The second kappa shape index (κ2) is 7.11. The van der Waals surface area contributed by atoms with Crippen molar-refractivity contribution in [1.29, 1.82) is 0 Å². The Kier molecular flexibility index (Phi) is 5.78. The van der Waals surface area contributed by atoms with Crippen LogP contribution in [0.4, 0.5) is 10.5 Å². The Morgan fingerprint density at radius 1 is 1.30 bits per heavy atom. The van der Waals surface area contributed by atoms with Gasteiger partial charge in [0.2, 0.25) is 10.0 Å². The van der Waals surface area contributed by atoms with Crippen molar-refractivity contribution < 1.29 is 17.9 Å². The standard InChI is InChI=1S/C12H19N3O4S/c1-9(2)15-20(17,18)11-5-3-10(4-6-11)14-7-8-19-12(13)16/h3-6,9,14-15H,7-8H2,1-2H3,(H2,13,16). The third-order valence-electron chi connectivity index (χ3n) is 2.23. The molecule has 7 nitrogen and oxygen atoms in total. The zero-order chi connectivity index (χ0) is 15.2. The number of sulfonamides is 1. The number of carbonyl (C=O) groups is 1. The second-order valence-electron chi connectivity index (χ2n) is 4.39. The van der Waals surface area contributed by atoms with Crippen LogP contribution in [-0.4, -0.2) is 33.7 Å². The van der Waals surface area contributed by atoms with Crippen molar-refractivity contribution in [3.05, 3.63) is 24.3 Å². The van der Waals surface area contributed by atoms with Gasteiger partial charge in [-0.2, -0.15) is 0 Å². The number of benzene rings is 1. The highest BCUT2D eigenvalue weighted by Gasteiger charge is 2.14. The maximum atomic E-state index is 11.9. The van der Waals surface area contributed by atoms with E-state index < -0.39 is 16.1 Å². The monoisotopic (exact) mass is 301 g/mol. The van der Waals surface area contributed by atoms with Gasteiger partial charge in [-0.15, -0.1) is 0 Å². The number of nitrogens with two attached hydrogens (primary N) is 1. The van der Waals surface area contributed by atoms with E-state index in [4.69, 9.17) is 5.73 Å². The van der Waals surface area contributed by atoms with Crippen LogP contribution in [0.1, 0.15) is 13.8 Å². The van der Waals surface area contributed by atoms with Crippen LogP contribution in [-0.2, 0) is 14.8 Å². The highest BCUT2D eigenvalue weighted by atomic mass is 32.2. The maximum absolute atomic E-state index is 11.9. The smallest absolute Gasteiger partial charge is 0.404 e. The van der Waals surface area contributed by atoms with E-state index in [1.807, 2.05) is 0 Å². The Bertz CT molecular complexity index is 540. The first-order chi connectivity index (χ1) is 9.31. The average molecular weight is 301 g/mol. The van der Waals surface area contributed by atoms with Crippen LogP contribution in [0.5, 0.6) is 0 Å². The van der Waals surface area contributed by atoms with Crippen LogP contribution in [0, 0.1) is 0 Å². The van der Waals surface area contributed by atoms with Gasteiger partial charge in [0.05, 0.1) is 4.90 Å². The van der Waals surface area contributed by atoms with Crippen LogP contribution < -0.4 is 15.8 Å². The SMILES string of the molecule is CC(C)NS(=O)(=O)c1ccc(NCCOC(N)=O)cc1. The van der Waals surface area contributed by atoms with Gasteiger partial charge in [-0.25, -0.2) is 17.9 Å². The number of nitrogens with one attached hydrogen (secondary N) is 2. The molecular formula is C12H19N3O4S. The molecule has 1 aromatic rings. The molecule has 0 saturated carbocycles. The number of anilines is 1. The molecule has 0 fully saturated rings. The lowest BCUT2D eigenvalue weighted by Gasteiger charge is -2.10. The maximum Gasteiger partial charge on any atom is 0.404 e. The number of rotatable bonds is 7. The normalized spacial score (nSPS) is 11.3. The molecule has 0 aromatic heterocycles. The fourth-order valence-electron chi connectivity index (χ4n) is 1.48. The summed E-state index contributed by atoms with van der Waals surface area (Å²) in [5, 5.41) is 2.97. The molecule has 0 aliphatic rings. The van der Waals surface area contributed by atoms with Gasteiger partial charge in [0.1, 0.15) is 6.61 Å². The molecule has 4 N–H and O–H groups in total. The van der Waals surface area contributed by atoms with Gasteiger partial charge >= 0.3 is 6.09 Å². The van der Waals surface area contributed by atoms with Crippen molar-refractivity contribution in [2.75, 3.05) is 18.5 Å². The minimum absolute atomic E-state index is 0.143. The zero-order valence-corrected chi connectivity index (χ0v) is 12.2. The van der Waals surface area contributed by atoms with Crippen LogP contribution in [0.2, 0.25) is 0 Å². The van der Waals surface area contributed by atoms with Crippen LogP contribution in [0.15, 0.2) is 29.2 Å². The second-order valence-corrected chi connectivity index (χ2v) is 6.11. The summed E-state index contributed by atoms with van der Waals surface area (Å²) in [7, 11) is -3.48. The van der Waals surface area contributed by atoms with E-state index in [2.05, 4.69) is 14.8 Å². The largest absolute Gasteiger partial charge is 0.448 e. The van der Waals surface area contributed by atoms with E-state index in [0.29, 0.717) is 6.54 Å². The molecule has 0 aliphatic heterocycles. The minimum Gasteiger partial charge on any atom is -0.448 e. The van der Waals surface area contributed by atoms with E-state index >= 15 is 0 Å². The molecule has 1 aromatic carbocycles. The Balaban J connectivity index is 2.58. The number of ether oxygens (including phenoxy) is 1. The molecule has 1 amide bonds. The van der Waals surface area contributed by atoms with E-state index in [-0.39, 0.29) is 17.5 Å². The first-order valence-electron chi connectivity index (χ1n) is 6.10. The van der Waals surface area contributed by atoms with E-state index in [1.165, 1.54) is 12.1 Å². The molecule has 20 heavy (non-hydrogen) atoms. The van der Waals surface area contributed by atoms with Crippen LogP contribution in [0.25, 0.3) is 0 Å². The van der Waals surface area contributed by atoms with Crippen molar-refractivity contribution in [3.63, 3.8) is 0 Å². The summed E-state index contributed by atoms with van der Waals surface area (Å²) in [5.41, 5.74) is 5.54. The molecule has 0 unspecified atom stereocenters. The van der Waals surface area contributed by atoms with Crippen molar-refractivity contribution in [2.24, 2.45) is 5.73 Å². The number of hydrogen-bond acceptors (Lipinski definition) is 5. The number of carbonyl (C=O) groups excluding carboxylic acids is 1. The Morgan fingerprint density at radius 2 is 1.90 bits per heavy atom. The van der Waals surface area contributed by atoms with Crippen LogP contribution >= 0.6 is 0 Å². The highest BCUT2D eigenvalue weighted by molar-refractivity contribution is 7.89. The lowest BCUT2D eigenvalue weighted by molar-refractivity contribution is 0.161.